The van der Waals surface area contributed by atoms with Crippen LogP contribution in [0, 0.1) is 0 Å². The van der Waals surface area contributed by atoms with Crippen LogP contribution in [0.3, 0.4) is 0 Å². The minimum atomic E-state index is -4.24. The molecule has 0 saturated heterocycles. The Morgan fingerprint density at radius 2 is 1.93 bits per heavy atom. The van der Waals surface area contributed by atoms with Crippen LogP contribution >= 0.6 is 0 Å². The van der Waals surface area contributed by atoms with E-state index in [1.54, 1.807) is 0 Å². The summed E-state index contributed by atoms with van der Waals surface area (Å²) in [5.74, 6) is 0. The SMILES string of the molecule is [N-]=[N+]=Cc1ccc(NS(=O)(=O)O)cc1. The van der Waals surface area contributed by atoms with Gasteiger partial charge in [0.25, 0.3) is 6.21 Å². The van der Waals surface area contributed by atoms with E-state index in [-0.39, 0.29) is 5.69 Å². The first-order valence-corrected chi connectivity index (χ1v) is 4.98. The van der Waals surface area contributed by atoms with Gasteiger partial charge in [0.1, 0.15) is 0 Å². The maximum Gasteiger partial charge on any atom is 0.357 e. The molecule has 14 heavy (non-hydrogen) atoms. The molecule has 0 aliphatic heterocycles. The molecule has 0 fully saturated rings. The summed E-state index contributed by atoms with van der Waals surface area (Å²) in [4.78, 5) is 2.80. The van der Waals surface area contributed by atoms with E-state index in [0.29, 0.717) is 5.56 Å². The fourth-order valence-electron chi connectivity index (χ4n) is 0.853. The van der Waals surface area contributed by atoms with E-state index >= 15 is 0 Å². The van der Waals surface area contributed by atoms with Crippen LogP contribution in [0.25, 0.3) is 5.53 Å². The molecule has 74 valence electrons. The van der Waals surface area contributed by atoms with E-state index < -0.39 is 10.3 Å². The zero-order valence-corrected chi connectivity index (χ0v) is 7.77. The molecule has 0 heterocycles. The van der Waals surface area contributed by atoms with Gasteiger partial charge < -0.3 is 5.53 Å². The lowest BCUT2D eigenvalue weighted by Gasteiger charge is -2.00. The lowest BCUT2D eigenvalue weighted by molar-refractivity contribution is 0.00456. The lowest BCUT2D eigenvalue weighted by Crippen LogP contribution is -2.10. The highest BCUT2D eigenvalue weighted by molar-refractivity contribution is 7.87. The van der Waals surface area contributed by atoms with Gasteiger partial charge >= 0.3 is 10.3 Å². The van der Waals surface area contributed by atoms with Crippen molar-refractivity contribution in [2.75, 3.05) is 4.72 Å². The molecule has 0 atom stereocenters. The molecule has 1 aromatic rings. The third kappa shape index (κ3) is 3.36. The van der Waals surface area contributed by atoms with E-state index in [2.05, 4.69) is 4.79 Å². The number of hydrogen-bond donors (Lipinski definition) is 2. The second-order valence-corrected chi connectivity index (χ2v) is 3.60. The molecule has 0 aromatic heterocycles. The topological polar surface area (TPSA) is 103 Å². The van der Waals surface area contributed by atoms with Crippen molar-refractivity contribution >= 4 is 22.2 Å². The molecule has 0 unspecified atom stereocenters. The molecular weight excluding hydrogens is 206 g/mol. The summed E-state index contributed by atoms with van der Waals surface area (Å²) >= 11 is 0. The zero-order valence-electron chi connectivity index (χ0n) is 6.95. The normalized spacial score (nSPS) is 10.4. The first kappa shape index (κ1) is 10.4. The van der Waals surface area contributed by atoms with Crippen LogP contribution in [-0.2, 0) is 10.3 Å². The highest BCUT2D eigenvalue weighted by Crippen LogP contribution is 2.08. The first-order valence-electron chi connectivity index (χ1n) is 3.54. The van der Waals surface area contributed by atoms with Gasteiger partial charge in [0.05, 0.1) is 11.3 Å². The van der Waals surface area contributed by atoms with Crippen molar-refractivity contribution in [2.24, 2.45) is 0 Å². The molecule has 0 aliphatic carbocycles. The van der Waals surface area contributed by atoms with E-state index in [4.69, 9.17) is 10.1 Å². The van der Waals surface area contributed by atoms with Gasteiger partial charge in [-0.2, -0.15) is 13.2 Å². The number of benzene rings is 1. The van der Waals surface area contributed by atoms with Gasteiger partial charge in [0.2, 0.25) is 0 Å². The molecule has 0 bridgehead atoms. The highest BCUT2D eigenvalue weighted by Gasteiger charge is 2.03. The van der Waals surface area contributed by atoms with E-state index in [1.165, 1.54) is 30.5 Å². The van der Waals surface area contributed by atoms with Crippen LogP contribution < -0.4 is 4.72 Å². The Morgan fingerprint density at radius 3 is 2.36 bits per heavy atom. The summed E-state index contributed by atoms with van der Waals surface area (Å²) in [6.45, 7) is 0. The summed E-state index contributed by atoms with van der Waals surface area (Å²) in [7, 11) is -4.24. The third-order valence-corrected chi connectivity index (χ3v) is 1.86. The van der Waals surface area contributed by atoms with Crippen LogP contribution in [0.15, 0.2) is 24.3 Å². The van der Waals surface area contributed by atoms with Gasteiger partial charge in [0, 0.05) is 0 Å². The molecule has 0 radical (unpaired) electrons. The first-order chi connectivity index (χ1) is 6.51. The predicted molar refractivity (Wildman–Crippen MR) is 50.4 cm³/mol. The molecule has 0 spiro atoms. The van der Waals surface area contributed by atoms with Gasteiger partial charge in [-0.3, -0.25) is 9.27 Å². The fraction of sp³-hybridized carbons (Fsp3) is 0. The average molecular weight is 213 g/mol. The highest BCUT2D eigenvalue weighted by atomic mass is 32.2. The maximum absolute atomic E-state index is 10.4. The molecule has 0 aliphatic rings. The summed E-state index contributed by atoms with van der Waals surface area (Å²) < 4.78 is 31.1. The summed E-state index contributed by atoms with van der Waals surface area (Å²) in [5, 5.41) is 0. The van der Waals surface area contributed by atoms with Gasteiger partial charge in [-0.25, -0.2) is 0 Å². The van der Waals surface area contributed by atoms with Crippen molar-refractivity contribution in [1.29, 1.82) is 0 Å². The number of hydrogen-bond acceptors (Lipinski definition) is 2. The third-order valence-electron chi connectivity index (χ3n) is 1.36. The Hall–Kier alpha value is -1.69. The molecule has 7 heteroatoms. The van der Waals surface area contributed by atoms with Crippen molar-refractivity contribution in [3.05, 3.63) is 35.4 Å². The minimum Gasteiger partial charge on any atom is -0.361 e. The van der Waals surface area contributed by atoms with Gasteiger partial charge in [-0.1, -0.05) is 0 Å². The lowest BCUT2D eigenvalue weighted by atomic mass is 10.2. The Bertz CT molecular complexity index is 459. The van der Waals surface area contributed by atoms with Crippen LogP contribution in [0.5, 0.6) is 0 Å². The molecule has 1 rings (SSSR count). The second kappa shape index (κ2) is 4.01. The zero-order chi connectivity index (χ0) is 10.6. The smallest absolute Gasteiger partial charge is 0.357 e. The molecule has 6 nitrogen and oxygen atoms in total. The summed E-state index contributed by atoms with van der Waals surface area (Å²) in [5.41, 5.74) is 9.02. The van der Waals surface area contributed by atoms with Crippen LogP contribution in [0.4, 0.5) is 5.69 Å². The number of rotatable bonds is 3. The van der Waals surface area contributed by atoms with E-state index in [9.17, 15) is 8.42 Å². The largest absolute Gasteiger partial charge is 0.361 e. The molecule has 1 aromatic carbocycles. The molecule has 2 N–H and O–H groups in total. The standard InChI is InChI=1S/C7H7N3O3S/c8-9-5-6-1-3-7(4-2-6)10-14(11,12)13/h1-5,10H,(H,11,12,13). The monoisotopic (exact) mass is 213 g/mol. The van der Waals surface area contributed by atoms with E-state index in [1.807, 2.05) is 4.72 Å². The van der Waals surface area contributed by atoms with Crippen molar-refractivity contribution in [3.63, 3.8) is 0 Å². The Balaban J connectivity index is 2.89. The maximum atomic E-state index is 10.4. The Morgan fingerprint density at radius 1 is 1.36 bits per heavy atom. The molecular formula is C7H7N3O3S. The Kier molecular flexibility index (Phi) is 2.98. The summed E-state index contributed by atoms with van der Waals surface area (Å²) in [6, 6.07) is 5.88. The average Bonchev–Trinajstić information content (AvgIpc) is 2.06. The van der Waals surface area contributed by atoms with Crippen molar-refractivity contribution in [1.82, 2.24) is 0 Å². The number of nitrogens with zero attached hydrogens (tertiary/aromatic N) is 2. The van der Waals surface area contributed by atoms with Crippen molar-refractivity contribution in [2.45, 2.75) is 0 Å². The van der Waals surface area contributed by atoms with Crippen molar-refractivity contribution in [3.8, 4) is 0 Å². The van der Waals surface area contributed by atoms with Crippen LogP contribution in [-0.4, -0.2) is 24.0 Å². The summed E-state index contributed by atoms with van der Waals surface area (Å²) in [6.07, 6.45) is 1.19. The predicted octanol–water partition coefficient (Wildman–Crippen LogP) is 0.550. The fourth-order valence-corrected chi connectivity index (χ4v) is 1.29. The minimum absolute atomic E-state index is 0.225. The Labute approximate surface area is 80.7 Å². The quantitative estimate of drug-likeness (QED) is 0.331. The number of nitrogens with one attached hydrogen (secondary N) is 1. The van der Waals surface area contributed by atoms with Gasteiger partial charge in [-0.15, -0.1) is 0 Å². The van der Waals surface area contributed by atoms with Crippen LogP contribution in [0.1, 0.15) is 5.56 Å². The van der Waals surface area contributed by atoms with Gasteiger partial charge in [0.15, 0.2) is 0 Å². The van der Waals surface area contributed by atoms with E-state index in [0.717, 1.165) is 0 Å². The second-order valence-electron chi connectivity index (χ2n) is 2.44. The van der Waals surface area contributed by atoms with Crippen molar-refractivity contribution < 1.29 is 17.8 Å². The van der Waals surface area contributed by atoms with Crippen LogP contribution in [0.2, 0.25) is 0 Å². The molecule has 0 amide bonds. The molecule has 0 saturated carbocycles. The number of anilines is 1. The van der Waals surface area contributed by atoms with Gasteiger partial charge in [-0.05, 0) is 24.3 Å².